The smallest absolute Gasteiger partial charge is 0.272 e. The second kappa shape index (κ2) is 7.29. The summed E-state index contributed by atoms with van der Waals surface area (Å²) in [5.41, 5.74) is 2.30. The molecule has 0 bridgehead atoms. The molecule has 2 aromatic rings. The van der Waals surface area contributed by atoms with E-state index in [-0.39, 0.29) is 22.6 Å². The van der Waals surface area contributed by atoms with Crippen LogP contribution in [-0.2, 0) is 0 Å². The number of nitrogens with zero attached hydrogens (tertiary/aromatic N) is 3. The lowest BCUT2D eigenvalue weighted by molar-refractivity contribution is -0.385. The highest BCUT2D eigenvalue weighted by Crippen LogP contribution is 2.24. The first-order valence-electron chi connectivity index (χ1n) is 8.25. The zero-order valence-corrected chi connectivity index (χ0v) is 14.0. The van der Waals surface area contributed by atoms with E-state index in [4.69, 9.17) is 0 Å². The molecule has 2 heterocycles. The minimum atomic E-state index is -0.373. The van der Waals surface area contributed by atoms with Crippen LogP contribution in [0.2, 0.25) is 0 Å². The number of nitrogens with one attached hydrogen (secondary N) is 1. The van der Waals surface area contributed by atoms with Crippen LogP contribution in [-0.4, -0.2) is 39.8 Å². The van der Waals surface area contributed by atoms with Crippen LogP contribution in [0.3, 0.4) is 0 Å². The van der Waals surface area contributed by atoms with E-state index in [9.17, 15) is 14.9 Å². The zero-order valence-electron chi connectivity index (χ0n) is 14.0. The number of hydrogen-bond acceptors (Lipinski definition) is 5. The Labute approximate surface area is 145 Å². The molecule has 1 aromatic heterocycles. The molecule has 0 unspecified atom stereocenters. The third-order valence-corrected chi connectivity index (χ3v) is 4.47. The minimum absolute atomic E-state index is 0.0343. The van der Waals surface area contributed by atoms with Gasteiger partial charge in [-0.25, -0.2) is 0 Å². The number of anilines is 1. The fourth-order valence-electron chi connectivity index (χ4n) is 3.09. The van der Waals surface area contributed by atoms with Gasteiger partial charge in [-0.15, -0.1) is 0 Å². The first kappa shape index (κ1) is 16.9. The second-order valence-corrected chi connectivity index (χ2v) is 6.21. The van der Waals surface area contributed by atoms with Gasteiger partial charge >= 0.3 is 0 Å². The topological polar surface area (TPSA) is 88.4 Å². The third kappa shape index (κ3) is 3.93. The fourth-order valence-corrected chi connectivity index (χ4v) is 3.09. The third-order valence-electron chi connectivity index (χ3n) is 4.47. The quantitative estimate of drug-likeness (QED) is 0.683. The fraction of sp³-hybridized carbons (Fsp3) is 0.333. The normalized spacial score (nSPS) is 15.0. The standard InChI is InChI=1S/C18H20N4O3/c1-13-12-16(2-3-17(13)22(24)25)20-15-6-10-21(11-7-15)18(23)14-4-8-19-9-5-14/h2-5,8-9,12,15,20H,6-7,10-11H2,1H3. The molecule has 0 spiro atoms. The summed E-state index contributed by atoms with van der Waals surface area (Å²) in [5, 5.41) is 14.3. The Morgan fingerprint density at radius 2 is 1.92 bits per heavy atom. The molecule has 1 N–H and O–H groups in total. The molecule has 7 nitrogen and oxygen atoms in total. The summed E-state index contributed by atoms with van der Waals surface area (Å²) in [6.45, 7) is 3.11. The Balaban J connectivity index is 1.57. The second-order valence-electron chi connectivity index (χ2n) is 6.21. The predicted molar refractivity (Wildman–Crippen MR) is 94.6 cm³/mol. The van der Waals surface area contributed by atoms with Crippen LogP contribution in [0.4, 0.5) is 11.4 Å². The van der Waals surface area contributed by atoms with E-state index in [0.29, 0.717) is 24.2 Å². The van der Waals surface area contributed by atoms with Crippen molar-refractivity contribution in [3.63, 3.8) is 0 Å². The lowest BCUT2D eigenvalue weighted by atomic mass is 10.0. The maximum absolute atomic E-state index is 12.4. The van der Waals surface area contributed by atoms with Crippen molar-refractivity contribution in [1.82, 2.24) is 9.88 Å². The molecule has 1 fully saturated rings. The number of piperidine rings is 1. The Kier molecular flexibility index (Phi) is 4.92. The monoisotopic (exact) mass is 340 g/mol. The summed E-state index contributed by atoms with van der Waals surface area (Å²) >= 11 is 0. The van der Waals surface area contributed by atoms with Crippen LogP contribution in [0, 0.1) is 17.0 Å². The Morgan fingerprint density at radius 3 is 2.52 bits per heavy atom. The van der Waals surface area contributed by atoms with Crippen LogP contribution in [0.25, 0.3) is 0 Å². The van der Waals surface area contributed by atoms with Crippen LogP contribution in [0.1, 0.15) is 28.8 Å². The van der Waals surface area contributed by atoms with Crippen molar-refractivity contribution in [2.45, 2.75) is 25.8 Å². The average molecular weight is 340 g/mol. The van der Waals surface area contributed by atoms with E-state index >= 15 is 0 Å². The number of nitro groups is 1. The van der Waals surface area contributed by atoms with Gasteiger partial charge in [0.05, 0.1) is 4.92 Å². The summed E-state index contributed by atoms with van der Waals surface area (Å²) < 4.78 is 0. The molecule has 0 saturated carbocycles. The van der Waals surface area contributed by atoms with Crippen LogP contribution < -0.4 is 5.32 Å². The van der Waals surface area contributed by atoms with E-state index in [1.165, 1.54) is 6.07 Å². The molecule has 1 aromatic carbocycles. The number of likely N-dealkylation sites (tertiary alicyclic amines) is 1. The number of benzene rings is 1. The number of nitro benzene ring substituents is 1. The summed E-state index contributed by atoms with van der Waals surface area (Å²) in [6.07, 6.45) is 4.93. The van der Waals surface area contributed by atoms with Crippen molar-refractivity contribution in [2.75, 3.05) is 18.4 Å². The Bertz CT molecular complexity index is 771. The first-order chi connectivity index (χ1) is 12.0. The van der Waals surface area contributed by atoms with Crippen molar-refractivity contribution in [3.8, 4) is 0 Å². The van der Waals surface area contributed by atoms with E-state index in [1.54, 1.807) is 43.6 Å². The van der Waals surface area contributed by atoms with Crippen molar-refractivity contribution < 1.29 is 9.72 Å². The number of aromatic nitrogens is 1. The Hall–Kier alpha value is -2.96. The van der Waals surface area contributed by atoms with Crippen molar-refractivity contribution >= 4 is 17.3 Å². The number of carbonyl (C=O) groups excluding carboxylic acids is 1. The number of rotatable bonds is 4. The van der Waals surface area contributed by atoms with Gasteiger partial charge in [0.25, 0.3) is 11.6 Å². The highest BCUT2D eigenvalue weighted by Gasteiger charge is 2.23. The summed E-state index contributed by atoms with van der Waals surface area (Å²) in [7, 11) is 0. The maximum Gasteiger partial charge on any atom is 0.272 e. The summed E-state index contributed by atoms with van der Waals surface area (Å²) in [5.74, 6) is 0.0343. The molecule has 0 aliphatic carbocycles. The zero-order chi connectivity index (χ0) is 17.8. The lowest BCUT2D eigenvalue weighted by Gasteiger charge is -2.33. The van der Waals surface area contributed by atoms with E-state index < -0.39 is 0 Å². The average Bonchev–Trinajstić information content (AvgIpc) is 2.62. The molecular formula is C18H20N4O3. The van der Waals surface area contributed by atoms with Crippen molar-refractivity contribution in [1.29, 1.82) is 0 Å². The van der Waals surface area contributed by atoms with Gasteiger partial charge in [0, 0.05) is 54.4 Å². The largest absolute Gasteiger partial charge is 0.382 e. The van der Waals surface area contributed by atoms with Gasteiger partial charge < -0.3 is 10.2 Å². The van der Waals surface area contributed by atoms with Gasteiger partial charge in [0.1, 0.15) is 0 Å². The highest BCUT2D eigenvalue weighted by molar-refractivity contribution is 5.94. The maximum atomic E-state index is 12.4. The SMILES string of the molecule is Cc1cc(NC2CCN(C(=O)c3ccncc3)CC2)ccc1[N+](=O)[O-]. The van der Waals surface area contributed by atoms with Crippen LogP contribution in [0.15, 0.2) is 42.7 Å². The molecule has 25 heavy (non-hydrogen) atoms. The van der Waals surface area contributed by atoms with E-state index in [2.05, 4.69) is 10.3 Å². The summed E-state index contributed by atoms with van der Waals surface area (Å²) in [4.78, 5) is 28.7. The number of pyridine rings is 1. The minimum Gasteiger partial charge on any atom is -0.382 e. The molecule has 0 radical (unpaired) electrons. The molecule has 3 rings (SSSR count). The molecule has 1 amide bonds. The molecule has 130 valence electrons. The Morgan fingerprint density at radius 1 is 1.24 bits per heavy atom. The molecule has 1 saturated heterocycles. The number of aryl methyl sites for hydroxylation is 1. The van der Waals surface area contributed by atoms with Crippen LogP contribution >= 0.6 is 0 Å². The lowest BCUT2D eigenvalue weighted by Crippen LogP contribution is -2.42. The number of hydrogen-bond donors (Lipinski definition) is 1. The van der Waals surface area contributed by atoms with Crippen molar-refractivity contribution in [2.24, 2.45) is 0 Å². The summed E-state index contributed by atoms with van der Waals surface area (Å²) in [6, 6.07) is 8.77. The van der Waals surface area contributed by atoms with E-state index in [0.717, 1.165) is 18.5 Å². The van der Waals surface area contributed by atoms with Crippen LogP contribution in [0.5, 0.6) is 0 Å². The van der Waals surface area contributed by atoms with Crippen molar-refractivity contribution in [3.05, 3.63) is 64.0 Å². The van der Waals surface area contributed by atoms with Gasteiger partial charge in [-0.1, -0.05) is 0 Å². The molecule has 1 aliphatic rings. The molecular weight excluding hydrogens is 320 g/mol. The van der Waals surface area contributed by atoms with Gasteiger partial charge in [0.15, 0.2) is 0 Å². The van der Waals surface area contributed by atoms with Gasteiger partial charge in [-0.05, 0) is 44.0 Å². The molecule has 1 aliphatic heterocycles. The molecule has 0 atom stereocenters. The first-order valence-corrected chi connectivity index (χ1v) is 8.25. The van der Waals surface area contributed by atoms with E-state index in [1.807, 2.05) is 4.90 Å². The molecule has 7 heteroatoms. The van der Waals surface area contributed by atoms with Gasteiger partial charge in [-0.2, -0.15) is 0 Å². The number of carbonyl (C=O) groups is 1. The highest BCUT2D eigenvalue weighted by atomic mass is 16.6. The van der Waals surface area contributed by atoms with Gasteiger partial charge in [-0.3, -0.25) is 19.9 Å². The number of amides is 1. The van der Waals surface area contributed by atoms with Gasteiger partial charge in [0.2, 0.25) is 0 Å². The predicted octanol–water partition coefficient (Wildman–Crippen LogP) is 3.01.